The van der Waals surface area contributed by atoms with Gasteiger partial charge in [0.05, 0.1) is 19.8 Å². The number of aldehydes is 2. The van der Waals surface area contributed by atoms with Crippen molar-refractivity contribution in [3.63, 3.8) is 0 Å². The van der Waals surface area contributed by atoms with Crippen LogP contribution < -0.4 is 9.47 Å². The molecule has 0 aliphatic heterocycles. The predicted molar refractivity (Wildman–Crippen MR) is 151 cm³/mol. The Kier molecular flexibility index (Phi) is 19.9. The van der Waals surface area contributed by atoms with E-state index >= 15 is 0 Å². The highest BCUT2D eigenvalue weighted by Crippen LogP contribution is 2.40. The summed E-state index contributed by atoms with van der Waals surface area (Å²) in [4.78, 5) is 18.1. The molecule has 0 aromatic heterocycles. The summed E-state index contributed by atoms with van der Waals surface area (Å²) >= 11 is 0. The number of alkyl halides is 3. The maximum absolute atomic E-state index is 13.6. The highest BCUT2D eigenvalue weighted by Gasteiger charge is 2.34. The maximum atomic E-state index is 13.6. The molecule has 4 nitrogen and oxygen atoms in total. The fourth-order valence-electron chi connectivity index (χ4n) is 2.76. The standard InChI is InChI=1S/C21H17F3O2.2C3H4O.2C2H6/c1-25-17-8-3-14(4-9-17)16-7-12-19(20(13-16)21(22,23)24)15-5-10-18(26-2)11-6-15;2*1-2-3-4;2*1-2/h3-13H,1-2H3;2*2-3H,1H2;2*1-2H3. The molecule has 0 bridgehead atoms. The van der Waals surface area contributed by atoms with Crippen molar-refractivity contribution in [2.45, 2.75) is 33.9 Å². The molecule has 7 heteroatoms. The smallest absolute Gasteiger partial charge is 0.417 e. The van der Waals surface area contributed by atoms with Crippen molar-refractivity contribution in [2.75, 3.05) is 14.2 Å². The molecule has 0 saturated carbocycles. The minimum Gasteiger partial charge on any atom is -0.497 e. The molecule has 206 valence electrons. The average molecular weight is 531 g/mol. The zero-order valence-electron chi connectivity index (χ0n) is 22.8. The van der Waals surface area contributed by atoms with Crippen LogP contribution in [0.5, 0.6) is 11.5 Å². The molecule has 3 rings (SSSR count). The molecule has 0 aliphatic rings. The molecule has 0 N–H and O–H groups in total. The first-order valence-corrected chi connectivity index (χ1v) is 11.9. The molecule has 0 aliphatic carbocycles. The van der Waals surface area contributed by atoms with Gasteiger partial charge in [0.2, 0.25) is 0 Å². The van der Waals surface area contributed by atoms with Crippen LogP contribution in [0.4, 0.5) is 13.2 Å². The fourth-order valence-corrected chi connectivity index (χ4v) is 2.76. The van der Waals surface area contributed by atoms with E-state index < -0.39 is 11.7 Å². The molecule has 0 fully saturated rings. The van der Waals surface area contributed by atoms with Crippen LogP contribution in [-0.2, 0) is 15.8 Å². The van der Waals surface area contributed by atoms with E-state index in [1.54, 1.807) is 61.7 Å². The van der Waals surface area contributed by atoms with E-state index in [1.807, 2.05) is 27.7 Å². The van der Waals surface area contributed by atoms with Gasteiger partial charge < -0.3 is 9.47 Å². The molecular weight excluding hydrogens is 493 g/mol. The first kappa shape index (κ1) is 36.0. The van der Waals surface area contributed by atoms with Gasteiger partial charge in [-0.3, -0.25) is 9.59 Å². The third-order valence-electron chi connectivity index (χ3n) is 4.34. The molecule has 3 aromatic carbocycles. The van der Waals surface area contributed by atoms with Gasteiger partial charge in [0.1, 0.15) is 24.1 Å². The minimum absolute atomic E-state index is 0.136. The SMILES string of the molecule is C=CC=O.C=CC=O.CC.CC.COc1ccc(-c2ccc(-c3ccc(OC)cc3)c(C(F)(F)F)c2)cc1. The zero-order chi connectivity index (χ0) is 29.6. The second kappa shape index (κ2) is 21.0. The third kappa shape index (κ3) is 12.7. The van der Waals surface area contributed by atoms with Crippen LogP contribution in [0.15, 0.2) is 92.0 Å². The van der Waals surface area contributed by atoms with Crippen molar-refractivity contribution in [1.29, 1.82) is 0 Å². The molecule has 0 spiro atoms. The van der Waals surface area contributed by atoms with Crippen LogP contribution in [0.3, 0.4) is 0 Å². The summed E-state index contributed by atoms with van der Waals surface area (Å²) in [7, 11) is 3.06. The summed E-state index contributed by atoms with van der Waals surface area (Å²) in [5, 5.41) is 0. The van der Waals surface area contributed by atoms with Crippen LogP contribution in [0, 0.1) is 0 Å². The van der Waals surface area contributed by atoms with Gasteiger partial charge in [-0.15, -0.1) is 0 Å². The van der Waals surface area contributed by atoms with Gasteiger partial charge >= 0.3 is 6.18 Å². The molecule has 0 heterocycles. The van der Waals surface area contributed by atoms with Gasteiger partial charge in [0.15, 0.2) is 0 Å². The Morgan fingerprint density at radius 3 is 1.29 bits per heavy atom. The van der Waals surface area contributed by atoms with Crippen molar-refractivity contribution in [1.82, 2.24) is 0 Å². The minimum atomic E-state index is -4.46. The quantitative estimate of drug-likeness (QED) is 0.236. The third-order valence-corrected chi connectivity index (χ3v) is 4.34. The number of ether oxygens (including phenoxy) is 2. The van der Waals surface area contributed by atoms with Gasteiger partial charge in [-0.25, -0.2) is 0 Å². The highest BCUT2D eigenvalue weighted by atomic mass is 19.4. The number of methoxy groups -OCH3 is 2. The number of hydrogen-bond donors (Lipinski definition) is 0. The largest absolute Gasteiger partial charge is 0.497 e. The molecule has 0 atom stereocenters. The van der Waals surface area contributed by atoms with E-state index in [4.69, 9.17) is 19.1 Å². The number of hydrogen-bond acceptors (Lipinski definition) is 4. The van der Waals surface area contributed by atoms with Crippen LogP contribution in [-0.4, -0.2) is 26.8 Å². The summed E-state index contributed by atoms with van der Waals surface area (Å²) in [5.41, 5.74) is 1.14. The Morgan fingerprint density at radius 1 is 0.632 bits per heavy atom. The lowest BCUT2D eigenvalue weighted by atomic mass is 9.94. The van der Waals surface area contributed by atoms with Crippen molar-refractivity contribution in [3.8, 4) is 33.8 Å². The van der Waals surface area contributed by atoms with Crippen LogP contribution in [0.25, 0.3) is 22.3 Å². The van der Waals surface area contributed by atoms with E-state index in [-0.39, 0.29) is 5.56 Å². The van der Waals surface area contributed by atoms with Gasteiger partial charge in [0, 0.05) is 0 Å². The Labute approximate surface area is 224 Å². The van der Waals surface area contributed by atoms with Crippen LogP contribution >= 0.6 is 0 Å². The number of rotatable bonds is 6. The lowest BCUT2D eigenvalue weighted by molar-refractivity contribution is -0.137. The zero-order valence-corrected chi connectivity index (χ0v) is 22.8. The summed E-state index contributed by atoms with van der Waals surface area (Å²) in [6.45, 7) is 14.2. The van der Waals surface area contributed by atoms with Crippen molar-refractivity contribution in [3.05, 3.63) is 97.6 Å². The van der Waals surface area contributed by atoms with E-state index in [0.29, 0.717) is 40.8 Å². The molecule has 3 aromatic rings. The normalized spacial score (nSPS) is 9.08. The van der Waals surface area contributed by atoms with E-state index in [1.165, 1.54) is 31.4 Å². The number of allylic oxidation sites excluding steroid dienone is 2. The van der Waals surface area contributed by atoms with E-state index in [0.717, 1.165) is 0 Å². The second-order valence-corrected chi connectivity index (χ2v) is 6.46. The molecule has 0 radical (unpaired) electrons. The number of carbonyl (C=O) groups excluding carboxylic acids is 2. The molecular formula is C31H37F3O4. The second-order valence-electron chi connectivity index (χ2n) is 6.46. The molecule has 0 unspecified atom stereocenters. The topological polar surface area (TPSA) is 52.6 Å². The summed E-state index contributed by atoms with van der Waals surface area (Å²) in [6.07, 6.45) is -0.794. The predicted octanol–water partition coefficient (Wildman–Crippen LogP) is 8.85. The van der Waals surface area contributed by atoms with Crippen molar-refractivity contribution < 1.29 is 32.2 Å². The van der Waals surface area contributed by atoms with E-state index in [2.05, 4.69) is 13.2 Å². The Bertz CT molecular complexity index is 1050. The monoisotopic (exact) mass is 530 g/mol. The van der Waals surface area contributed by atoms with Gasteiger partial charge in [0.25, 0.3) is 0 Å². The number of benzene rings is 3. The molecule has 38 heavy (non-hydrogen) atoms. The summed E-state index contributed by atoms with van der Waals surface area (Å²) < 4.78 is 51.1. The fraction of sp³-hybridized carbons (Fsp3) is 0.226. The Hall–Kier alpha value is -4.13. The maximum Gasteiger partial charge on any atom is 0.417 e. The van der Waals surface area contributed by atoms with Crippen molar-refractivity contribution in [2.24, 2.45) is 0 Å². The molecule has 0 amide bonds. The van der Waals surface area contributed by atoms with Gasteiger partial charge in [-0.1, -0.05) is 77.3 Å². The van der Waals surface area contributed by atoms with Crippen LogP contribution in [0.1, 0.15) is 33.3 Å². The van der Waals surface area contributed by atoms with Gasteiger partial charge in [-0.05, 0) is 64.7 Å². The van der Waals surface area contributed by atoms with Crippen LogP contribution in [0.2, 0.25) is 0 Å². The Balaban J connectivity index is 0. The van der Waals surface area contributed by atoms with E-state index in [9.17, 15) is 13.2 Å². The average Bonchev–Trinajstić information content (AvgIpc) is 2.98. The van der Waals surface area contributed by atoms with Gasteiger partial charge in [-0.2, -0.15) is 13.2 Å². The lowest BCUT2D eigenvalue weighted by Gasteiger charge is -2.15. The lowest BCUT2D eigenvalue weighted by Crippen LogP contribution is -2.07. The van der Waals surface area contributed by atoms with Crippen molar-refractivity contribution >= 4 is 12.6 Å². The summed E-state index contributed by atoms with van der Waals surface area (Å²) in [5.74, 6) is 1.25. The number of halogens is 3. The first-order chi connectivity index (χ1) is 18.2. The highest BCUT2D eigenvalue weighted by molar-refractivity contribution is 5.75. The first-order valence-electron chi connectivity index (χ1n) is 11.9. The number of carbonyl (C=O) groups is 2. The Morgan fingerprint density at radius 2 is 0.974 bits per heavy atom. The molecule has 0 saturated heterocycles. The summed E-state index contributed by atoms with van der Waals surface area (Å²) in [6, 6.07) is 17.8.